The number of rotatable bonds is 15. The molecule has 11 heteroatoms. The average molecular weight is 517 g/mol. The summed E-state index contributed by atoms with van der Waals surface area (Å²) >= 11 is 0. The van der Waals surface area contributed by atoms with Crippen LogP contribution in [0.15, 0.2) is 30.5 Å². The van der Waals surface area contributed by atoms with Gasteiger partial charge in [-0.25, -0.2) is 4.79 Å². The molecule has 0 fully saturated rings. The number of carboxylic acids is 1. The first-order chi connectivity index (χ1) is 17.5. The Morgan fingerprint density at radius 3 is 2.16 bits per heavy atom. The van der Waals surface area contributed by atoms with Gasteiger partial charge in [0.1, 0.15) is 18.1 Å². The summed E-state index contributed by atoms with van der Waals surface area (Å²) in [7, 11) is 0. The lowest BCUT2D eigenvalue weighted by atomic mass is 10.0. The van der Waals surface area contributed by atoms with Crippen molar-refractivity contribution in [2.75, 3.05) is 6.54 Å². The van der Waals surface area contributed by atoms with Crippen LogP contribution in [-0.2, 0) is 25.6 Å². The van der Waals surface area contributed by atoms with E-state index in [4.69, 9.17) is 11.5 Å². The largest absolute Gasteiger partial charge is 0.480 e. The molecule has 204 valence electrons. The van der Waals surface area contributed by atoms with E-state index in [-0.39, 0.29) is 18.8 Å². The van der Waals surface area contributed by atoms with Gasteiger partial charge in [0, 0.05) is 23.5 Å². The Labute approximate surface area is 217 Å². The normalized spacial score (nSPS) is 14.5. The summed E-state index contributed by atoms with van der Waals surface area (Å²) in [5, 5.41) is 18.6. The van der Waals surface area contributed by atoms with Crippen molar-refractivity contribution in [3.05, 3.63) is 36.0 Å². The quantitative estimate of drug-likeness (QED) is 0.170. The average Bonchev–Trinajstić information content (AvgIpc) is 3.24. The van der Waals surface area contributed by atoms with E-state index in [1.807, 2.05) is 38.1 Å². The second kappa shape index (κ2) is 14.3. The number of aliphatic carboxylic acids is 1. The van der Waals surface area contributed by atoms with E-state index in [1.54, 1.807) is 6.20 Å². The van der Waals surface area contributed by atoms with Crippen LogP contribution in [0, 0.1) is 5.92 Å². The van der Waals surface area contributed by atoms with Crippen LogP contribution in [0.2, 0.25) is 0 Å². The van der Waals surface area contributed by atoms with Crippen molar-refractivity contribution in [2.24, 2.45) is 17.4 Å². The number of unbranched alkanes of at least 4 members (excludes halogenated alkanes) is 1. The summed E-state index contributed by atoms with van der Waals surface area (Å²) in [5.41, 5.74) is 12.9. The van der Waals surface area contributed by atoms with Crippen molar-refractivity contribution < 1.29 is 24.3 Å². The molecule has 4 unspecified atom stereocenters. The molecule has 9 N–H and O–H groups in total. The first-order valence-electron chi connectivity index (χ1n) is 12.7. The smallest absolute Gasteiger partial charge is 0.326 e. The van der Waals surface area contributed by atoms with Gasteiger partial charge in [-0.15, -0.1) is 0 Å². The van der Waals surface area contributed by atoms with Gasteiger partial charge >= 0.3 is 5.97 Å². The molecule has 0 aliphatic rings. The Morgan fingerprint density at radius 1 is 0.919 bits per heavy atom. The van der Waals surface area contributed by atoms with Gasteiger partial charge in [-0.3, -0.25) is 14.4 Å². The molecule has 2 aromatic rings. The number of aromatic nitrogens is 1. The number of nitrogens with one attached hydrogen (secondary N) is 4. The van der Waals surface area contributed by atoms with Gasteiger partial charge in [0.05, 0.1) is 6.04 Å². The number of carboxylic acid groups (broad SMARTS) is 1. The maximum atomic E-state index is 13.2. The number of hydrogen-bond donors (Lipinski definition) is 7. The Bertz CT molecular complexity index is 1070. The van der Waals surface area contributed by atoms with Crippen LogP contribution in [-0.4, -0.2) is 64.5 Å². The maximum absolute atomic E-state index is 13.2. The van der Waals surface area contributed by atoms with Crippen molar-refractivity contribution in [1.82, 2.24) is 20.9 Å². The highest BCUT2D eigenvalue weighted by Crippen LogP contribution is 2.19. The topological polar surface area (TPSA) is 192 Å². The molecule has 0 aliphatic carbocycles. The predicted octanol–water partition coefficient (Wildman–Crippen LogP) is 0.772. The predicted molar refractivity (Wildman–Crippen MR) is 141 cm³/mol. The molecule has 1 aromatic carbocycles. The van der Waals surface area contributed by atoms with Crippen LogP contribution in [0.5, 0.6) is 0 Å². The first kappa shape index (κ1) is 29.8. The molecule has 37 heavy (non-hydrogen) atoms. The Kier molecular flexibility index (Phi) is 11.5. The van der Waals surface area contributed by atoms with Crippen LogP contribution in [0.1, 0.15) is 52.0 Å². The zero-order valence-corrected chi connectivity index (χ0v) is 21.8. The molecule has 0 radical (unpaired) electrons. The van der Waals surface area contributed by atoms with Crippen LogP contribution in [0.3, 0.4) is 0 Å². The van der Waals surface area contributed by atoms with Crippen molar-refractivity contribution in [3.63, 3.8) is 0 Å². The van der Waals surface area contributed by atoms with Crippen LogP contribution >= 0.6 is 0 Å². The second-order valence-electron chi connectivity index (χ2n) is 9.79. The zero-order valence-electron chi connectivity index (χ0n) is 21.8. The molecule has 0 saturated heterocycles. The SMILES string of the molecule is CC(C)CC(NC(=O)C(C)N)C(=O)NC(CCCCN)C(=O)NC(Cc1c[nH]c2ccccc12)C(=O)O. The minimum atomic E-state index is -1.20. The van der Waals surface area contributed by atoms with E-state index >= 15 is 0 Å². The van der Waals surface area contributed by atoms with Crippen molar-refractivity contribution in [3.8, 4) is 0 Å². The lowest BCUT2D eigenvalue weighted by Crippen LogP contribution is -2.57. The molecule has 0 spiro atoms. The summed E-state index contributed by atoms with van der Waals surface area (Å²) in [6, 6.07) is 3.61. The van der Waals surface area contributed by atoms with Crippen LogP contribution < -0.4 is 27.4 Å². The third kappa shape index (κ3) is 9.18. The third-order valence-electron chi connectivity index (χ3n) is 6.05. The number of H-pyrrole nitrogens is 1. The van der Waals surface area contributed by atoms with Gasteiger partial charge in [-0.2, -0.15) is 0 Å². The standard InChI is InChI=1S/C26H40N6O5/c1-15(2)12-21(31-23(33)16(3)28)25(35)30-20(10-6-7-11-27)24(34)32-22(26(36)37)13-17-14-29-19-9-5-4-8-18(17)19/h4-5,8-9,14-16,20-22,29H,6-7,10-13,27-28H2,1-3H3,(H,30,35)(H,31,33)(H,32,34)(H,36,37). The number of hydrogen-bond acceptors (Lipinski definition) is 6. The third-order valence-corrected chi connectivity index (χ3v) is 6.05. The maximum Gasteiger partial charge on any atom is 0.326 e. The molecule has 0 aliphatic heterocycles. The van der Waals surface area contributed by atoms with Gasteiger partial charge in [-0.1, -0.05) is 32.0 Å². The van der Waals surface area contributed by atoms with Crippen molar-refractivity contribution >= 4 is 34.6 Å². The number of benzene rings is 1. The Balaban J connectivity index is 2.18. The van der Waals surface area contributed by atoms with E-state index in [0.29, 0.717) is 25.8 Å². The van der Waals surface area contributed by atoms with Gasteiger partial charge in [-0.05, 0) is 56.7 Å². The number of amides is 3. The van der Waals surface area contributed by atoms with Gasteiger partial charge in [0.15, 0.2) is 0 Å². The molecule has 4 atom stereocenters. The fraction of sp³-hybridized carbons (Fsp3) is 0.538. The van der Waals surface area contributed by atoms with E-state index in [2.05, 4.69) is 20.9 Å². The van der Waals surface area contributed by atoms with E-state index in [0.717, 1.165) is 16.5 Å². The zero-order chi connectivity index (χ0) is 27.5. The molecule has 0 bridgehead atoms. The van der Waals surface area contributed by atoms with E-state index in [9.17, 15) is 24.3 Å². The number of nitrogens with two attached hydrogens (primary N) is 2. The Morgan fingerprint density at radius 2 is 1.54 bits per heavy atom. The number of para-hydroxylation sites is 1. The van der Waals surface area contributed by atoms with Crippen molar-refractivity contribution in [2.45, 2.75) is 77.0 Å². The summed E-state index contributed by atoms with van der Waals surface area (Å²) in [5.74, 6) is -2.72. The number of carbonyl (C=O) groups excluding carboxylic acids is 3. The fourth-order valence-electron chi connectivity index (χ4n) is 4.03. The molecule has 11 nitrogen and oxygen atoms in total. The summed E-state index contributed by atoms with van der Waals surface area (Å²) in [6.45, 7) is 5.75. The summed E-state index contributed by atoms with van der Waals surface area (Å²) in [4.78, 5) is 53.6. The fourth-order valence-corrected chi connectivity index (χ4v) is 4.03. The molecule has 2 rings (SSSR count). The minimum absolute atomic E-state index is 0.0645. The van der Waals surface area contributed by atoms with Crippen molar-refractivity contribution in [1.29, 1.82) is 0 Å². The molecule has 3 amide bonds. The molecule has 1 heterocycles. The summed E-state index contributed by atoms with van der Waals surface area (Å²) < 4.78 is 0. The second-order valence-corrected chi connectivity index (χ2v) is 9.79. The van der Waals surface area contributed by atoms with Crippen LogP contribution in [0.25, 0.3) is 10.9 Å². The van der Waals surface area contributed by atoms with Gasteiger partial charge < -0.3 is 37.5 Å². The summed E-state index contributed by atoms with van der Waals surface area (Å²) in [6.07, 6.45) is 3.59. The highest BCUT2D eigenvalue weighted by Gasteiger charge is 2.30. The highest BCUT2D eigenvalue weighted by molar-refractivity contribution is 5.94. The van der Waals surface area contributed by atoms with E-state index in [1.165, 1.54) is 6.92 Å². The van der Waals surface area contributed by atoms with Gasteiger partial charge in [0.25, 0.3) is 0 Å². The number of aromatic amines is 1. The van der Waals surface area contributed by atoms with E-state index < -0.39 is 47.9 Å². The molecular weight excluding hydrogens is 476 g/mol. The van der Waals surface area contributed by atoms with Gasteiger partial charge in [0.2, 0.25) is 17.7 Å². The number of carbonyl (C=O) groups is 4. The Hall–Kier alpha value is -3.44. The minimum Gasteiger partial charge on any atom is -0.480 e. The highest BCUT2D eigenvalue weighted by atomic mass is 16.4. The molecular formula is C26H40N6O5. The van der Waals surface area contributed by atoms with Crippen LogP contribution in [0.4, 0.5) is 0 Å². The molecule has 1 aromatic heterocycles. The monoisotopic (exact) mass is 516 g/mol. The molecule has 0 saturated carbocycles. The lowest BCUT2D eigenvalue weighted by Gasteiger charge is -2.26. The number of fused-ring (bicyclic) bond motifs is 1. The first-order valence-corrected chi connectivity index (χ1v) is 12.7. The lowest BCUT2D eigenvalue weighted by molar-refractivity contribution is -0.142.